The second kappa shape index (κ2) is 8.34. The zero-order valence-electron chi connectivity index (χ0n) is 6.86. The van der Waals surface area contributed by atoms with Gasteiger partial charge in [0.2, 0.25) is 0 Å². The number of carbonyl (C=O) groups is 2. The molecule has 0 aromatic carbocycles. The zero-order valence-corrected chi connectivity index (χ0v) is 10.1. The van der Waals surface area contributed by atoms with Crippen LogP contribution in [-0.2, 0) is 9.59 Å². The number of hydrogen-bond donors (Lipinski definition) is 0. The van der Waals surface area contributed by atoms with Gasteiger partial charge in [-0.15, -0.1) is 0 Å². The maximum atomic E-state index is 10.5. The molecule has 0 saturated heterocycles. The molecule has 12 heavy (non-hydrogen) atoms. The summed E-state index contributed by atoms with van der Waals surface area (Å²) in [5, 5.41) is 1.81. The predicted molar refractivity (Wildman–Crippen MR) is 61.5 cm³/mol. The molecule has 0 aliphatic carbocycles. The fraction of sp³-hybridized carbons (Fsp3) is 0.667. The van der Waals surface area contributed by atoms with Crippen molar-refractivity contribution in [3.63, 3.8) is 0 Å². The zero-order chi connectivity index (χ0) is 9.40. The second-order valence-corrected chi connectivity index (χ2v) is 7.24. The van der Waals surface area contributed by atoms with Gasteiger partial charge >= 0.3 is 0 Å². The summed E-state index contributed by atoms with van der Waals surface area (Å²) in [5.74, 6) is 0. The van der Waals surface area contributed by atoms with Gasteiger partial charge in [-0.2, -0.15) is 0 Å². The Balaban J connectivity index is 3.01. The Morgan fingerprint density at radius 2 is 1.25 bits per heavy atom. The van der Waals surface area contributed by atoms with Crippen molar-refractivity contribution < 1.29 is 9.59 Å². The average molecular weight is 242 g/mol. The van der Waals surface area contributed by atoms with Gasteiger partial charge in [-0.05, 0) is 0 Å². The van der Waals surface area contributed by atoms with E-state index in [0.717, 1.165) is 10.2 Å². The highest BCUT2D eigenvalue weighted by Crippen LogP contribution is 2.29. The molecule has 0 heterocycles. The highest BCUT2D eigenvalue weighted by Gasteiger charge is 1.96. The van der Waals surface area contributed by atoms with Crippen molar-refractivity contribution >= 4 is 55.3 Å². The van der Waals surface area contributed by atoms with Gasteiger partial charge in [0.25, 0.3) is 0 Å². The van der Waals surface area contributed by atoms with Gasteiger partial charge in [-0.3, -0.25) is 9.59 Å². The lowest BCUT2D eigenvalue weighted by molar-refractivity contribution is -0.109. The number of carbonyl (C=O) groups excluding carboxylic acids is 2. The largest absolute Gasteiger partial charge is 0.288 e. The lowest BCUT2D eigenvalue weighted by Gasteiger charge is -1.96. The molecule has 0 aromatic rings. The summed E-state index contributed by atoms with van der Waals surface area (Å²) < 4.78 is 0. The number of rotatable bonds is 5. The van der Waals surface area contributed by atoms with Crippen LogP contribution in [0.2, 0.25) is 0 Å². The third-order valence-electron chi connectivity index (χ3n) is 0.704. The summed E-state index contributed by atoms with van der Waals surface area (Å²) in [6.07, 6.45) is 0. The molecule has 0 spiro atoms. The van der Waals surface area contributed by atoms with Gasteiger partial charge in [-0.1, -0.05) is 45.1 Å². The van der Waals surface area contributed by atoms with Crippen molar-refractivity contribution in [3.05, 3.63) is 0 Å². The summed E-state index contributed by atoms with van der Waals surface area (Å²) in [4.78, 5) is 20.9. The van der Waals surface area contributed by atoms with E-state index in [1.54, 1.807) is 35.4 Å². The van der Waals surface area contributed by atoms with Gasteiger partial charge in [0.1, 0.15) is 0 Å². The maximum Gasteiger partial charge on any atom is 0.186 e. The van der Waals surface area contributed by atoms with Crippen molar-refractivity contribution in [3.8, 4) is 0 Å². The summed E-state index contributed by atoms with van der Waals surface area (Å²) in [7, 11) is 3.22. The third kappa shape index (κ3) is 10.7. The van der Waals surface area contributed by atoms with E-state index >= 15 is 0 Å². The molecular weight excluding hydrogens is 232 g/mol. The van der Waals surface area contributed by atoms with Crippen LogP contribution >= 0.6 is 45.1 Å². The van der Waals surface area contributed by atoms with Crippen LogP contribution in [0.25, 0.3) is 0 Å². The molecule has 6 heteroatoms. The van der Waals surface area contributed by atoms with E-state index < -0.39 is 0 Å². The Morgan fingerprint density at radius 1 is 0.917 bits per heavy atom. The van der Waals surface area contributed by atoms with E-state index in [0.29, 0.717) is 0 Å². The highest BCUT2D eigenvalue weighted by atomic mass is 33.1. The van der Waals surface area contributed by atoms with Crippen LogP contribution in [0.5, 0.6) is 0 Å². The van der Waals surface area contributed by atoms with Crippen LogP contribution in [0.1, 0.15) is 13.8 Å². The predicted octanol–water partition coefficient (Wildman–Crippen LogP) is 2.84. The smallest absolute Gasteiger partial charge is 0.186 e. The molecule has 0 aromatic heterocycles. The summed E-state index contributed by atoms with van der Waals surface area (Å²) in [6, 6.07) is 0. The van der Waals surface area contributed by atoms with Crippen molar-refractivity contribution in [1.82, 2.24) is 0 Å². The van der Waals surface area contributed by atoms with E-state index in [1.807, 2.05) is 0 Å². The molecule has 0 N–H and O–H groups in total. The van der Waals surface area contributed by atoms with Gasteiger partial charge < -0.3 is 0 Å². The third-order valence-corrected chi connectivity index (χ3v) is 5.63. The van der Waals surface area contributed by atoms with Crippen LogP contribution in [0, 0.1) is 0 Å². The molecular formula is C6H10O2S4. The molecule has 0 aliphatic rings. The van der Waals surface area contributed by atoms with Crippen molar-refractivity contribution in [1.29, 1.82) is 0 Å². The minimum absolute atomic E-state index is 0.141. The van der Waals surface area contributed by atoms with Gasteiger partial charge in [0.05, 0.1) is 10.2 Å². The first-order valence-electron chi connectivity index (χ1n) is 3.14. The minimum atomic E-state index is 0.141. The van der Waals surface area contributed by atoms with Gasteiger partial charge in [0, 0.05) is 13.8 Å². The molecule has 0 atom stereocenters. The van der Waals surface area contributed by atoms with Crippen molar-refractivity contribution in [2.45, 2.75) is 13.8 Å². The Morgan fingerprint density at radius 3 is 1.50 bits per heavy atom. The monoisotopic (exact) mass is 242 g/mol. The van der Waals surface area contributed by atoms with E-state index in [4.69, 9.17) is 0 Å². The Bertz CT molecular complexity index is 142. The number of thioether (sulfide) groups is 2. The van der Waals surface area contributed by atoms with E-state index in [9.17, 15) is 9.59 Å². The first-order chi connectivity index (χ1) is 5.63. The van der Waals surface area contributed by atoms with E-state index in [-0.39, 0.29) is 10.2 Å². The average Bonchev–Trinajstić information content (AvgIpc) is 1.95. The first kappa shape index (κ1) is 12.7. The summed E-state index contributed by atoms with van der Waals surface area (Å²) in [5.41, 5.74) is 0. The fourth-order valence-corrected chi connectivity index (χ4v) is 4.63. The summed E-state index contributed by atoms with van der Waals surface area (Å²) in [6.45, 7) is 3.11. The van der Waals surface area contributed by atoms with Crippen LogP contribution in [0.4, 0.5) is 0 Å². The van der Waals surface area contributed by atoms with Crippen LogP contribution in [0.15, 0.2) is 0 Å². The second-order valence-electron chi connectivity index (χ2n) is 1.74. The topological polar surface area (TPSA) is 34.1 Å². The standard InChI is InChI=1S/C6H10O2S4/c1-5(7)9-3-11-12-4-10-6(2)8/h3-4H2,1-2H3. The first-order valence-corrected chi connectivity index (χ1v) is 7.60. The van der Waals surface area contributed by atoms with E-state index in [2.05, 4.69) is 0 Å². The number of hydrogen-bond acceptors (Lipinski definition) is 6. The Kier molecular flexibility index (Phi) is 8.86. The molecule has 0 aliphatic heterocycles. The molecule has 70 valence electrons. The quantitative estimate of drug-likeness (QED) is 0.419. The Labute approximate surface area is 88.8 Å². The van der Waals surface area contributed by atoms with Gasteiger partial charge in [0.15, 0.2) is 10.2 Å². The molecule has 0 rings (SSSR count). The van der Waals surface area contributed by atoms with Crippen molar-refractivity contribution in [2.24, 2.45) is 0 Å². The van der Waals surface area contributed by atoms with E-state index in [1.165, 1.54) is 23.5 Å². The molecule has 0 saturated carbocycles. The van der Waals surface area contributed by atoms with Crippen LogP contribution in [0.3, 0.4) is 0 Å². The lowest BCUT2D eigenvalue weighted by Crippen LogP contribution is -1.81. The summed E-state index contributed by atoms with van der Waals surface area (Å²) >= 11 is 2.60. The fourth-order valence-electron chi connectivity index (χ4n) is 0.282. The van der Waals surface area contributed by atoms with Crippen LogP contribution in [-0.4, -0.2) is 20.4 Å². The highest BCUT2D eigenvalue weighted by molar-refractivity contribution is 8.79. The van der Waals surface area contributed by atoms with Crippen LogP contribution < -0.4 is 0 Å². The van der Waals surface area contributed by atoms with Crippen molar-refractivity contribution in [2.75, 3.05) is 10.2 Å². The molecule has 0 amide bonds. The maximum absolute atomic E-state index is 10.5. The minimum Gasteiger partial charge on any atom is -0.288 e. The molecule has 2 nitrogen and oxygen atoms in total. The SMILES string of the molecule is CC(=O)SCSSCSC(C)=O. The molecule has 0 bridgehead atoms. The Hall–Kier alpha value is 0.740. The van der Waals surface area contributed by atoms with Gasteiger partial charge in [-0.25, -0.2) is 0 Å². The molecule has 0 unspecified atom stereocenters. The molecule has 0 radical (unpaired) electrons. The normalized spacial score (nSPS) is 9.83. The lowest BCUT2D eigenvalue weighted by atomic mass is 10.9. The molecule has 0 fully saturated rings.